The van der Waals surface area contributed by atoms with Gasteiger partial charge in [-0.2, -0.15) is 13.2 Å². The zero-order valence-electron chi connectivity index (χ0n) is 10.2. The van der Waals surface area contributed by atoms with Crippen LogP contribution in [0.1, 0.15) is 5.56 Å². The van der Waals surface area contributed by atoms with Crippen LogP contribution in [0.4, 0.5) is 18.0 Å². The van der Waals surface area contributed by atoms with Gasteiger partial charge in [-0.05, 0) is 5.56 Å². The molecule has 21 heavy (non-hydrogen) atoms. The normalized spacial score (nSPS) is 12.7. The Kier molecular flexibility index (Phi) is 6.19. The lowest BCUT2D eigenvalue weighted by molar-refractivity contribution is -0.172. The van der Waals surface area contributed by atoms with Gasteiger partial charge in [0.05, 0.1) is 0 Å². The minimum absolute atomic E-state index is 0.0934. The predicted octanol–water partition coefficient (Wildman–Crippen LogP) is 4.98. The summed E-state index contributed by atoms with van der Waals surface area (Å²) in [6.07, 6.45) is -7.37. The molecule has 0 spiro atoms. The third-order valence-corrected chi connectivity index (χ3v) is 3.46. The number of hydrogen-bond acceptors (Lipinski definition) is 1. The Labute approximate surface area is 133 Å². The Morgan fingerprint density at radius 2 is 1.71 bits per heavy atom. The lowest BCUT2D eigenvalue weighted by atomic mass is 10.0. The van der Waals surface area contributed by atoms with E-state index in [0.717, 1.165) is 0 Å². The van der Waals surface area contributed by atoms with E-state index in [0.29, 0.717) is 5.56 Å². The van der Waals surface area contributed by atoms with Gasteiger partial charge in [0.2, 0.25) is 0 Å². The first-order valence-electron chi connectivity index (χ1n) is 5.48. The number of carbonyl (C=O) groups is 1. The Morgan fingerprint density at radius 1 is 1.19 bits per heavy atom. The van der Waals surface area contributed by atoms with E-state index < -0.39 is 34.4 Å². The maximum atomic E-state index is 13.2. The molecule has 116 valence electrons. The fourth-order valence-electron chi connectivity index (χ4n) is 1.64. The maximum Gasteiger partial charge on any atom is 0.413 e. The van der Waals surface area contributed by atoms with Crippen molar-refractivity contribution in [1.29, 1.82) is 0 Å². The van der Waals surface area contributed by atoms with E-state index >= 15 is 0 Å². The first-order valence-corrected chi connectivity index (χ1v) is 6.61. The van der Waals surface area contributed by atoms with Crippen LogP contribution in [0.5, 0.6) is 0 Å². The van der Waals surface area contributed by atoms with Crippen LogP contribution in [-0.4, -0.2) is 28.3 Å². The van der Waals surface area contributed by atoms with E-state index in [1.807, 2.05) is 0 Å². The third kappa shape index (κ3) is 4.98. The molecular weight excluding hydrogens is 353 g/mol. The Bertz CT molecular complexity index is 530. The molecule has 0 aliphatic heterocycles. The summed E-state index contributed by atoms with van der Waals surface area (Å²) in [6, 6.07) is 5.19. The molecule has 3 nitrogen and oxygen atoms in total. The molecule has 1 atom stereocenters. The molecule has 0 bridgehead atoms. The van der Waals surface area contributed by atoms with Crippen molar-refractivity contribution >= 4 is 40.9 Å². The van der Waals surface area contributed by atoms with E-state index in [2.05, 4.69) is 0 Å². The molecule has 1 aromatic carbocycles. The van der Waals surface area contributed by atoms with Gasteiger partial charge in [0.15, 0.2) is 0 Å². The van der Waals surface area contributed by atoms with Crippen molar-refractivity contribution in [2.24, 2.45) is 0 Å². The fourth-order valence-corrected chi connectivity index (χ4v) is 2.01. The van der Waals surface area contributed by atoms with Gasteiger partial charge >= 0.3 is 12.3 Å². The van der Waals surface area contributed by atoms with E-state index in [1.54, 1.807) is 18.2 Å². The maximum absolute atomic E-state index is 13.2. The number of amides is 1. The number of halogens is 6. The number of alkyl halides is 3. The van der Waals surface area contributed by atoms with E-state index in [1.165, 1.54) is 12.1 Å². The summed E-state index contributed by atoms with van der Waals surface area (Å²) in [5.41, 5.74) is 0.293. The second-order valence-corrected chi connectivity index (χ2v) is 5.26. The van der Waals surface area contributed by atoms with E-state index in [-0.39, 0.29) is 4.90 Å². The quantitative estimate of drug-likeness (QED) is 0.767. The topological polar surface area (TPSA) is 40.5 Å². The molecule has 1 rings (SSSR count). The van der Waals surface area contributed by atoms with E-state index in [4.69, 9.17) is 39.9 Å². The third-order valence-electron chi connectivity index (χ3n) is 2.53. The average Bonchev–Trinajstić information content (AvgIpc) is 2.37. The molecular formula is C12H9Cl3F3NO2. The molecule has 0 heterocycles. The largest absolute Gasteiger partial charge is 0.465 e. The van der Waals surface area contributed by atoms with Gasteiger partial charge in [-0.15, -0.1) is 0 Å². The molecule has 0 saturated carbocycles. The Hall–Kier alpha value is -1.11. The monoisotopic (exact) mass is 361 g/mol. The lowest BCUT2D eigenvalue weighted by Crippen LogP contribution is -2.48. The van der Waals surface area contributed by atoms with Crippen molar-refractivity contribution in [1.82, 2.24) is 4.90 Å². The molecule has 0 aliphatic rings. The fraction of sp³-hybridized carbons (Fsp3) is 0.250. The van der Waals surface area contributed by atoms with Crippen LogP contribution in [0, 0.1) is 0 Å². The summed E-state index contributed by atoms with van der Waals surface area (Å²) in [4.78, 5) is 11.0. The van der Waals surface area contributed by atoms with Crippen LogP contribution in [-0.2, 0) is 6.42 Å². The van der Waals surface area contributed by atoms with E-state index in [9.17, 15) is 18.0 Å². The van der Waals surface area contributed by atoms with Crippen LogP contribution in [0.25, 0.3) is 0 Å². The number of nitrogens with zero attached hydrogens (tertiary/aromatic N) is 1. The Balaban J connectivity index is 3.23. The first-order chi connectivity index (χ1) is 9.64. The molecule has 1 N–H and O–H groups in total. The van der Waals surface area contributed by atoms with Crippen molar-refractivity contribution < 1.29 is 23.1 Å². The van der Waals surface area contributed by atoms with Crippen LogP contribution in [0.3, 0.4) is 0 Å². The predicted molar refractivity (Wildman–Crippen MR) is 74.4 cm³/mol. The summed E-state index contributed by atoms with van der Waals surface area (Å²) in [5.74, 6) is 0. The molecule has 1 unspecified atom stereocenters. The van der Waals surface area contributed by atoms with Crippen molar-refractivity contribution in [3.05, 3.63) is 45.5 Å². The number of hydrogen-bond donors (Lipinski definition) is 1. The van der Waals surface area contributed by atoms with Crippen molar-refractivity contribution in [3.63, 3.8) is 0 Å². The smallest absolute Gasteiger partial charge is 0.413 e. The minimum Gasteiger partial charge on any atom is -0.465 e. The second-order valence-electron chi connectivity index (χ2n) is 3.95. The first kappa shape index (κ1) is 17.9. The molecule has 1 aromatic rings. The summed E-state index contributed by atoms with van der Waals surface area (Å²) in [5, 5.41) is 8.10. The molecule has 1 amide bonds. The highest BCUT2D eigenvalue weighted by molar-refractivity contribution is 6.59. The SMILES string of the molecule is O=C(O)N(C(Cl)=C(Cl)Cl)C(Cc1ccccc1)C(F)(F)F. The van der Waals surface area contributed by atoms with Crippen LogP contribution >= 0.6 is 34.8 Å². The van der Waals surface area contributed by atoms with Crippen molar-refractivity contribution in [2.45, 2.75) is 18.6 Å². The number of carboxylic acid groups (broad SMARTS) is 1. The lowest BCUT2D eigenvalue weighted by Gasteiger charge is -2.30. The molecule has 9 heteroatoms. The van der Waals surface area contributed by atoms with Gasteiger partial charge < -0.3 is 5.11 Å². The highest BCUT2D eigenvalue weighted by atomic mass is 35.5. The zero-order chi connectivity index (χ0) is 16.2. The second kappa shape index (κ2) is 7.24. The molecule has 0 aromatic heterocycles. The molecule has 0 fully saturated rings. The van der Waals surface area contributed by atoms with Crippen LogP contribution in [0.15, 0.2) is 40.0 Å². The van der Waals surface area contributed by atoms with Gasteiger partial charge in [0, 0.05) is 6.42 Å². The molecule has 0 aliphatic carbocycles. The van der Waals surface area contributed by atoms with Gasteiger partial charge in [0.25, 0.3) is 0 Å². The van der Waals surface area contributed by atoms with Crippen LogP contribution < -0.4 is 0 Å². The van der Waals surface area contributed by atoms with Gasteiger partial charge in [-0.1, -0.05) is 65.1 Å². The standard InChI is InChI=1S/C12H9Cl3F3NO2/c13-9(14)10(15)19(11(20)21)8(12(16,17)18)6-7-4-2-1-3-5-7/h1-5,8H,6H2,(H,20,21). The summed E-state index contributed by atoms with van der Waals surface area (Å²) in [7, 11) is 0. The van der Waals surface area contributed by atoms with Gasteiger partial charge in [-0.3, -0.25) is 4.90 Å². The molecule has 0 saturated heterocycles. The highest BCUT2D eigenvalue weighted by Gasteiger charge is 2.47. The summed E-state index contributed by atoms with van der Waals surface area (Å²) in [6.45, 7) is 0. The number of rotatable bonds is 4. The average molecular weight is 363 g/mol. The molecule has 0 radical (unpaired) electrons. The number of benzene rings is 1. The van der Waals surface area contributed by atoms with Crippen LogP contribution in [0.2, 0.25) is 0 Å². The van der Waals surface area contributed by atoms with Gasteiger partial charge in [0.1, 0.15) is 15.7 Å². The summed E-state index contributed by atoms with van der Waals surface area (Å²) < 4.78 is 38.7. The zero-order valence-corrected chi connectivity index (χ0v) is 12.5. The summed E-state index contributed by atoms with van der Waals surface area (Å²) >= 11 is 16.1. The van der Waals surface area contributed by atoms with Crippen molar-refractivity contribution in [3.8, 4) is 0 Å². The Morgan fingerprint density at radius 3 is 2.10 bits per heavy atom. The van der Waals surface area contributed by atoms with Gasteiger partial charge in [-0.25, -0.2) is 4.79 Å². The van der Waals surface area contributed by atoms with Crippen molar-refractivity contribution in [2.75, 3.05) is 0 Å². The minimum atomic E-state index is -4.85. The highest BCUT2D eigenvalue weighted by Crippen LogP contribution is 2.33.